The van der Waals surface area contributed by atoms with Crippen LogP contribution in [-0.4, -0.2) is 35.4 Å². The second kappa shape index (κ2) is 4.72. The van der Waals surface area contributed by atoms with E-state index in [9.17, 15) is 4.79 Å². The van der Waals surface area contributed by atoms with E-state index in [2.05, 4.69) is 10.3 Å². The molecule has 0 unspecified atom stereocenters. The molecule has 1 aliphatic rings. The molecule has 0 aromatic carbocycles. The quantitative estimate of drug-likeness (QED) is 0.808. The highest BCUT2D eigenvalue weighted by atomic mass is 32.1. The molecule has 5 heteroatoms. The summed E-state index contributed by atoms with van der Waals surface area (Å²) in [4.78, 5) is 17.9. The van der Waals surface area contributed by atoms with Crippen molar-refractivity contribution in [3.8, 4) is 0 Å². The van der Waals surface area contributed by atoms with Crippen LogP contribution in [0.4, 0.5) is 0 Å². The number of thiazole rings is 1. The molecule has 0 saturated carbocycles. The molecular weight excluding hydrogens is 210 g/mol. The molecule has 1 aromatic heterocycles. The molecule has 1 fully saturated rings. The van der Waals surface area contributed by atoms with Gasteiger partial charge in [0.05, 0.1) is 23.8 Å². The number of aromatic nitrogens is 1. The summed E-state index contributed by atoms with van der Waals surface area (Å²) in [6, 6.07) is 0. The van der Waals surface area contributed by atoms with Gasteiger partial charge in [0.15, 0.2) is 0 Å². The molecule has 0 atom stereocenters. The summed E-state index contributed by atoms with van der Waals surface area (Å²) in [6.07, 6.45) is 1.02. The molecule has 82 valence electrons. The molecule has 0 spiro atoms. The highest BCUT2D eigenvalue weighted by Gasteiger charge is 2.16. The van der Waals surface area contributed by atoms with Crippen LogP contribution in [0.15, 0.2) is 5.38 Å². The van der Waals surface area contributed by atoms with Crippen molar-refractivity contribution in [2.24, 2.45) is 0 Å². The number of carbonyl (C=O) groups excluding carboxylic acids is 1. The highest BCUT2D eigenvalue weighted by molar-refractivity contribution is 7.09. The van der Waals surface area contributed by atoms with Gasteiger partial charge in [0.1, 0.15) is 0 Å². The Bertz CT molecular complexity index is 350. The molecule has 1 aliphatic heterocycles. The van der Waals surface area contributed by atoms with Crippen molar-refractivity contribution in [1.29, 1.82) is 0 Å². The van der Waals surface area contributed by atoms with Crippen molar-refractivity contribution in [2.75, 3.05) is 19.6 Å². The molecule has 1 N–H and O–H groups in total. The molecule has 1 aromatic rings. The van der Waals surface area contributed by atoms with Crippen molar-refractivity contribution in [3.63, 3.8) is 0 Å². The Balaban J connectivity index is 2.00. The minimum Gasteiger partial charge on any atom is -0.336 e. The van der Waals surface area contributed by atoms with Crippen molar-refractivity contribution >= 4 is 17.2 Å². The number of rotatable bonds is 2. The van der Waals surface area contributed by atoms with Crippen molar-refractivity contribution in [2.45, 2.75) is 19.9 Å². The van der Waals surface area contributed by atoms with Gasteiger partial charge in [0.25, 0.3) is 0 Å². The lowest BCUT2D eigenvalue weighted by Gasteiger charge is -2.18. The molecule has 2 heterocycles. The van der Waals surface area contributed by atoms with E-state index in [-0.39, 0.29) is 5.91 Å². The van der Waals surface area contributed by atoms with E-state index in [1.807, 2.05) is 17.2 Å². The maximum atomic E-state index is 11.7. The van der Waals surface area contributed by atoms with Gasteiger partial charge >= 0.3 is 0 Å². The largest absolute Gasteiger partial charge is 0.336 e. The SMILES string of the molecule is Cc1nc(CN2CCCNCC2=O)cs1. The summed E-state index contributed by atoms with van der Waals surface area (Å²) in [5.74, 6) is 0.179. The Morgan fingerprint density at radius 1 is 1.67 bits per heavy atom. The third kappa shape index (κ3) is 2.76. The van der Waals surface area contributed by atoms with Crippen molar-refractivity contribution < 1.29 is 4.79 Å². The van der Waals surface area contributed by atoms with Gasteiger partial charge < -0.3 is 10.2 Å². The fraction of sp³-hybridized carbons (Fsp3) is 0.600. The molecule has 0 radical (unpaired) electrons. The van der Waals surface area contributed by atoms with E-state index in [4.69, 9.17) is 0 Å². The molecule has 4 nitrogen and oxygen atoms in total. The van der Waals surface area contributed by atoms with Gasteiger partial charge in [-0.1, -0.05) is 0 Å². The number of carbonyl (C=O) groups is 1. The van der Waals surface area contributed by atoms with Crippen molar-refractivity contribution in [3.05, 3.63) is 16.1 Å². The molecule has 1 amide bonds. The van der Waals surface area contributed by atoms with E-state index in [0.717, 1.165) is 30.2 Å². The first kappa shape index (κ1) is 10.6. The van der Waals surface area contributed by atoms with E-state index in [1.54, 1.807) is 11.3 Å². The van der Waals surface area contributed by atoms with E-state index in [0.29, 0.717) is 13.1 Å². The van der Waals surface area contributed by atoms with Crippen LogP contribution in [0.3, 0.4) is 0 Å². The Kier molecular flexibility index (Phi) is 3.33. The second-order valence-electron chi connectivity index (χ2n) is 3.70. The predicted octanol–water partition coefficient (Wildman–Crippen LogP) is 0.773. The van der Waals surface area contributed by atoms with Gasteiger partial charge in [0.2, 0.25) is 5.91 Å². The Morgan fingerprint density at radius 2 is 2.53 bits per heavy atom. The highest BCUT2D eigenvalue weighted by Crippen LogP contribution is 2.11. The predicted molar refractivity (Wildman–Crippen MR) is 59.8 cm³/mol. The number of hydrogen-bond donors (Lipinski definition) is 1. The van der Waals surface area contributed by atoms with E-state index < -0.39 is 0 Å². The molecule has 0 aliphatic carbocycles. The number of nitrogens with one attached hydrogen (secondary N) is 1. The molecule has 1 saturated heterocycles. The lowest BCUT2D eigenvalue weighted by atomic mass is 10.3. The van der Waals surface area contributed by atoms with Crippen LogP contribution >= 0.6 is 11.3 Å². The number of amides is 1. The Labute approximate surface area is 93.3 Å². The summed E-state index contributed by atoms with van der Waals surface area (Å²) in [6.45, 7) is 4.87. The minimum atomic E-state index is 0.179. The van der Waals surface area contributed by atoms with Crippen LogP contribution in [0, 0.1) is 6.92 Å². The third-order valence-electron chi connectivity index (χ3n) is 2.43. The van der Waals surface area contributed by atoms with Crippen LogP contribution in [0.5, 0.6) is 0 Å². The molecular formula is C10H15N3OS. The lowest BCUT2D eigenvalue weighted by Crippen LogP contribution is -2.34. The fourth-order valence-corrected chi connectivity index (χ4v) is 2.27. The summed E-state index contributed by atoms with van der Waals surface area (Å²) in [5.41, 5.74) is 1.01. The molecule has 0 bridgehead atoms. The van der Waals surface area contributed by atoms with Gasteiger partial charge in [-0.15, -0.1) is 11.3 Å². The standard InChI is InChI=1S/C10H15N3OS/c1-8-12-9(7-15-8)6-13-4-2-3-11-5-10(13)14/h7,11H,2-6H2,1H3. The smallest absolute Gasteiger partial charge is 0.236 e. The maximum absolute atomic E-state index is 11.7. The monoisotopic (exact) mass is 225 g/mol. The minimum absolute atomic E-state index is 0.179. The fourth-order valence-electron chi connectivity index (χ4n) is 1.67. The van der Waals surface area contributed by atoms with Crippen LogP contribution in [0.2, 0.25) is 0 Å². The summed E-state index contributed by atoms with van der Waals surface area (Å²) < 4.78 is 0. The lowest BCUT2D eigenvalue weighted by molar-refractivity contribution is -0.130. The van der Waals surface area contributed by atoms with Gasteiger partial charge in [-0.25, -0.2) is 4.98 Å². The molecule has 15 heavy (non-hydrogen) atoms. The number of aryl methyl sites for hydroxylation is 1. The zero-order chi connectivity index (χ0) is 10.7. The van der Waals surface area contributed by atoms with Gasteiger partial charge in [-0.3, -0.25) is 4.79 Å². The Hall–Kier alpha value is -0.940. The first-order valence-electron chi connectivity index (χ1n) is 5.15. The van der Waals surface area contributed by atoms with Crippen LogP contribution in [0.25, 0.3) is 0 Å². The first-order valence-corrected chi connectivity index (χ1v) is 6.03. The van der Waals surface area contributed by atoms with Crippen LogP contribution < -0.4 is 5.32 Å². The normalized spacial score (nSPS) is 17.9. The molecule has 2 rings (SSSR count). The third-order valence-corrected chi connectivity index (χ3v) is 3.25. The Morgan fingerprint density at radius 3 is 3.27 bits per heavy atom. The van der Waals surface area contributed by atoms with Gasteiger partial charge in [-0.2, -0.15) is 0 Å². The van der Waals surface area contributed by atoms with E-state index in [1.165, 1.54) is 0 Å². The maximum Gasteiger partial charge on any atom is 0.236 e. The number of hydrogen-bond acceptors (Lipinski definition) is 4. The average Bonchev–Trinajstić information content (AvgIpc) is 2.50. The average molecular weight is 225 g/mol. The van der Waals surface area contributed by atoms with Crippen molar-refractivity contribution in [1.82, 2.24) is 15.2 Å². The topological polar surface area (TPSA) is 45.2 Å². The summed E-state index contributed by atoms with van der Waals surface area (Å²) in [7, 11) is 0. The van der Waals surface area contributed by atoms with E-state index >= 15 is 0 Å². The zero-order valence-corrected chi connectivity index (χ0v) is 9.64. The summed E-state index contributed by atoms with van der Waals surface area (Å²) >= 11 is 1.63. The van der Waals surface area contributed by atoms with Crippen LogP contribution in [0.1, 0.15) is 17.1 Å². The van der Waals surface area contributed by atoms with Crippen LogP contribution in [-0.2, 0) is 11.3 Å². The van der Waals surface area contributed by atoms with Gasteiger partial charge in [-0.05, 0) is 19.9 Å². The first-order chi connectivity index (χ1) is 7.25. The second-order valence-corrected chi connectivity index (χ2v) is 4.77. The zero-order valence-electron chi connectivity index (χ0n) is 8.82. The van der Waals surface area contributed by atoms with Gasteiger partial charge in [0, 0.05) is 11.9 Å². The number of nitrogens with zero attached hydrogens (tertiary/aromatic N) is 2. The summed E-state index contributed by atoms with van der Waals surface area (Å²) in [5, 5.41) is 6.20.